The van der Waals surface area contributed by atoms with Crippen LogP contribution in [0.15, 0.2) is 23.3 Å². The maximum absolute atomic E-state index is 14.5. The van der Waals surface area contributed by atoms with Crippen LogP contribution in [0, 0.1) is 33.5 Å². The van der Waals surface area contributed by atoms with Gasteiger partial charge >= 0.3 is 5.97 Å². The molecule has 9 aliphatic rings. The molecule has 82 heavy (non-hydrogen) atoms. The lowest BCUT2D eigenvalue weighted by atomic mass is 9.40. The largest absolute Gasteiger partial charge is 0.726 e. The molecule has 28 heteroatoms. The number of carbonyl (C=O) groups excluding carboxylic acids is 1. The van der Waals surface area contributed by atoms with Crippen molar-refractivity contribution in [2.75, 3.05) is 26.9 Å². The van der Waals surface area contributed by atoms with Gasteiger partial charge in [0.1, 0.15) is 96.5 Å². The molecule has 27 nitrogen and oxygen atoms in total. The van der Waals surface area contributed by atoms with E-state index in [1.807, 2.05) is 40.7 Å². The van der Waals surface area contributed by atoms with Crippen molar-refractivity contribution in [1.82, 2.24) is 0 Å². The summed E-state index contributed by atoms with van der Waals surface area (Å²) in [6, 6.07) is 0. The van der Waals surface area contributed by atoms with Crippen LogP contribution in [0.25, 0.3) is 0 Å². The summed E-state index contributed by atoms with van der Waals surface area (Å²) in [6.07, 6.45) is -30.1. The zero-order valence-electron chi connectivity index (χ0n) is 47.5. The number of methoxy groups -OCH3 is 1. The van der Waals surface area contributed by atoms with Gasteiger partial charge in [-0.15, -0.1) is 0 Å². The molecule has 29 atom stereocenters. The smallest absolute Gasteiger partial charge is 0.319 e. The molecule has 5 saturated heterocycles. The molecule has 4 aliphatic carbocycles. The van der Waals surface area contributed by atoms with Gasteiger partial charge in [0.25, 0.3) is 0 Å². The molecule has 1 unspecified atom stereocenters. The van der Waals surface area contributed by atoms with E-state index in [0.717, 1.165) is 11.1 Å². The summed E-state index contributed by atoms with van der Waals surface area (Å²) in [7, 11) is -4.28. The minimum atomic E-state index is -5.45. The maximum Gasteiger partial charge on any atom is 0.319 e. The lowest BCUT2D eigenvalue weighted by Crippen LogP contribution is -2.69. The van der Waals surface area contributed by atoms with E-state index in [1.54, 1.807) is 13.0 Å². The molecular weight excluding hydrogens is 1110 g/mol. The fourth-order valence-corrected chi connectivity index (χ4v) is 16.7. The van der Waals surface area contributed by atoms with Gasteiger partial charge in [-0.3, -0.25) is 8.98 Å². The Hall–Kier alpha value is -2.02. The molecule has 470 valence electrons. The molecule has 5 aliphatic heterocycles. The van der Waals surface area contributed by atoms with Crippen molar-refractivity contribution in [2.45, 2.75) is 247 Å². The zero-order valence-corrected chi connectivity index (χ0v) is 48.3. The first-order valence-electron chi connectivity index (χ1n) is 28.2. The number of esters is 1. The van der Waals surface area contributed by atoms with Gasteiger partial charge in [-0.25, -0.2) is 8.42 Å². The van der Waals surface area contributed by atoms with Gasteiger partial charge in [0, 0.05) is 7.11 Å². The molecule has 0 aromatic rings. The molecular formula is C54H85O27S-. The number of aliphatic hydroxyl groups excluding tert-OH is 11. The fourth-order valence-electron chi connectivity index (χ4n) is 16.2. The molecule has 3 saturated carbocycles. The van der Waals surface area contributed by atoms with E-state index in [9.17, 15) is 79.0 Å². The van der Waals surface area contributed by atoms with Crippen molar-refractivity contribution in [3.05, 3.63) is 23.3 Å². The predicted molar refractivity (Wildman–Crippen MR) is 273 cm³/mol. The Labute approximate surface area is 475 Å². The Morgan fingerprint density at radius 3 is 1.93 bits per heavy atom. The molecule has 0 radical (unpaired) electrons. The van der Waals surface area contributed by atoms with Crippen LogP contribution in [-0.4, -0.2) is 253 Å². The van der Waals surface area contributed by atoms with Crippen molar-refractivity contribution in [1.29, 1.82) is 0 Å². The third kappa shape index (κ3) is 10.2. The number of rotatable bonds is 16. The van der Waals surface area contributed by atoms with Crippen molar-refractivity contribution in [2.24, 2.45) is 33.5 Å². The average molecular weight is 1200 g/mol. The number of fused-ring (bicyclic) bond motifs is 4. The molecule has 0 bridgehead atoms. The highest BCUT2D eigenvalue weighted by atomic mass is 32.3. The van der Waals surface area contributed by atoms with Gasteiger partial charge < -0.3 is 113 Å². The Bertz CT molecular complexity index is 2480. The third-order valence-corrected chi connectivity index (χ3v) is 21.1. The van der Waals surface area contributed by atoms with Crippen LogP contribution in [0.5, 0.6) is 0 Å². The molecule has 0 aromatic heterocycles. The van der Waals surface area contributed by atoms with Crippen LogP contribution in [0.2, 0.25) is 0 Å². The van der Waals surface area contributed by atoms with E-state index >= 15 is 0 Å². The first-order valence-corrected chi connectivity index (χ1v) is 29.6. The molecule has 9 rings (SSSR count). The summed E-state index contributed by atoms with van der Waals surface area (Å²) in [5, 5.41) is 136. The minimum absolute atomic E-state index is 0.0992. The minimum Gasteiger partial charge on any atom is -0.726 e. The highest BCUT2D eigenvalue weighted by Crippen LogP contribution is 2.77. The monoisotopic (exact) mass is 1200 g/mol. The molecule has 0 aromatic carbocycles. The molecule has 8 fully saturated rings. The lowest BCUT2D eigenvalue weighted by molar-refractivity contribution is -0.389. The third-order valence-electron chi connectivity index (χ3n) is 20.7. The summed E-state index contributed by atoms with van der Waals surface area (Å²) in [5.41, 5.74) is -5.90. The standard InChI is InChI=1S/C54H86O27S/c1-22(2)10-13-30(57)52(8)53(67)17-16-51(7)24-11-12-29-49(4,5)32(14-15-50(29,6)25(24)18-31(58)54(51,53)48(66)80-52)76-47-43(35(61)28(21-72-47)81-82(68,69)70)79-44-37(63)36(62)40(23(3)73-44)77-46-39(65)42(34(60)27(20-56)75-46)78-45-38(64)41(71-9)33(59)26(19-55)74-45/h10,18,23-24,26-47,55-65,67H,11-17,19-21H2,1-9H3,(H,68,69,70)/p-1/t23-,24-,26-,27-,28-,29+,30?,31+,32+,33-,34-,35+,36-,37-,38-,39-,40-,41+,42+,43-,44+,45+,46+,47+,50-,51+,52+,53+,54-/m1/s1. The van der Waals surface area contributed by atoms with E-state index in [1.165, 1.54) is 14.0 Å². The van der Waals surface area contributed by atoms with Crippen molar-refractivity contribution >= 4 is 16.4 Å². The molecule has 1 spiro atoms. The number of cyclic esters (lactones) is 1. The van der Waals surface area contributed by atoms with Crippen LogP contribution in [0.1, 0.15) is 100 Å². The van der Waals surface area contributed by atoms with E-state index < -0.39 is 204 Å². The van der Waals surface area contributed by atoms with Crippen molar-refractivity contribution in [3.8, 4) is 0 Å². The van der Waals surface area contributed by atoms with Gasteiger partial charge in [0.05, 0.1) is 44.2 Å². The number of ether oxygens (including phenoxy) is 10. The first-order chi connectivity index (χ1) is 38.2. The predicted octanol–water partition coefficient (Wildman–Crippen LogP) is -2.85. The maximum atomic E-state index is 14.5. The Morgan fingerprint density at radius 2 is 1.33 bits per heavy atom. The van der Waals surface area contributed by atoms with Crippen molar-refractivity contribution < 1.29 is 131 Å². The van der Waals surface area contributed by atoms with E-state index in [4.69, 9.17) is 47.4 Å². The van der Waals surface area contributed by atoms with Crippen LogP contribution in [-0.2, 0) is 66.7 Å². The topological polar surface area (TPSA) is 419 Å². The van der Waals surface area contributed by atoms with Gasteiger partial charge in [0.2, 0.25) is 10.4 Å². The summed E-state index contributed by atoms with van der Waals surface area (Å²) in [6.45, 7) is 12.4. The van der Waals surface area contributed by atoms with Gasteiger partial charge in [-0.2, -0.15) is 0 Å². The summed E-state index contributed by atoms with van der Waals surface area (Å²) in [5.74, 6) is -1.20. The number of hydrogen-bond acceptors (Lipinski definition) is 27. The average Bonchev–Trinajstić information content (AvgIpc) is 1.49. The van der Waals surface area contributed by atoms with Crippen molar-refractivity contribution in [3.63, 3.8) is 0 Å². The number of allylic oxidation sites excluding steroid dienone is 2. The zero-order chi connectivity index (χ0) is 60.4. The summed E-state index contributed by atoms with van der Waals surface area (Å²) in [4.78, 5) is 14.5. The van der Waals surface area contributed by atoms with Crippen LogP contribution >= 0.6 is 0 Å². The first kappa shape index (κ1) is 64.5. The summed E-state index contributed by atoms with van der Waals surface area (Å²) >= 11 is 0. The normalized spacial score (nSPS) is 51.4. The molecule has 5 heterocycles. The van der Waals surface area contributed by atoms with Crippen LogP contribution in [0.3, 0.4) is 0 Å². The second kappa shape index (κ2) is 23.2. The number of carbonyl (C=O) groups is 1. The molecule has 0 amide bonds. The highest BCUT2D eigenvalue weighted by Gasteiger charge is 2.86. The highest BCUT2D eigenvalue weighted by molar-refractivity contribution is 7.80. The lowest BCUT2D eigenvalue weighted by Gasteiger charge is -2.64. The fraction of sp³-hybridized carbons (Fsp3) is 0.907. The number of aliphatic hydroxyl groups is 12. The Kier molecular flexibility index (Phi) is 18.2. The van der Waals surface area contributed by atoms with E-state index in [-0.39, 0.29) is 24.7 Å². The second-order valence-electron chi connectivity index (χ2n) is 25.6. The van der Waals surface area contributed by atoms with Gasteiger partial charge in [-0.1, -0.05) is 51.0 Å². The van der Waals surface area contributed by atoms with E-state index in [0.29, 0.717) is 32.1 Å². The van der Waals surface area contributed by atoms with Gasteiger partial charge in [-0.05, 0) is 101 Å². The van der Waals surface area contributed by atoms with Crippen LogP contribution in [0.4, 0.5) is 0 Å². The quantitative estimate of drug-likeness (QED) is 0.0243. The van der Waals surface area contributed by atoms with Crippen LogP contribution < -0.4 is 0 Å². The van der Waals surface area contributed by atoms with Gasteiger partial charge in [0.15, 0.2) is 30.8 Å². The van der Waals surface area contributed by atoms with E-state index in [2.05, 4.69) is 11.1 Å². The summed E-state index contributed by atoms with van der Waals surface area (Å²) < 4.78 is 99.4. The second-order valence-corrected chi connectivity index (χ2v) is 26.6. The SMILES string of the molecule is CO[C@@H]1[C@@H](O)[C@H](O[C@@H]2[C@@H](O)[C@H](O[C@H]3[C@H](O)[C@@H](O)[C@H](O[C@H]4[C@H](O[C@H]5CC[C@]6(C)C7=C[C@H](O)[C@]89C(=O)O[C@@](C)(C(O)CC=C(C)C)[C@@]8(O)CC[C@@]9(C)[C@@H]7CC[C@H]6C5(C)C)OC[C@@H](OS(=O)(=O)[O-])[C@@H]4O)O[C@@H]3C)O[C@H](CO)[C@H]2O)O[C@H](CO)[C@H]1O. The Balaban J connectivity index is 0.917. The Morgan fingerprint density at radius 1 is 0.744 bits per heavy atom. The molecule has 12 N–H and O–H groups in total. The number of hydrogen-bond donors (Lipinski definition) is 12.